The highest BCUT2D eigenvalue weighted by Gasteiger charge is 2.16. The van der Waals surface area contributed by atoms with Gasteiger partial charge in [-0.05, 0) is 33.6 Å². The van der Waals surface area contributed by atoms with Crippen LogP contribution in [0, 0.1) is 0 Å². The van der Waals surface area contributed by atoms with Crippen LogP contribution in [0.4, 0.5) is 0 Å². The first-order chi connectivity index (χ1) is 7.49. The molecule has 0 saturated carbocycles. The predicted molar refractivity (Wildman–Crippen MR) is 66.2 cm³/mol. The smallest absolute Gasteiger partial charge is 0.0952 e. The molecule has 0 saturated heterocycles. The van der Waals surface area contributed by atoms with Crippen molar-refractivity contribution in [1.29, 1.82) is 0 Å². The molecular formula is C13H28O3. The number of unbranched alkanes of at least 4 members (excludes halogenated alkanes) is 3. The minimum Gasteiger partial charge on any atom is -0.396 e. The lowest BCUT2D eigenvalue weighted by Gasteiger charge is -2.22. The molecule has 1 atom stereocenters. The van der Waals surface area contributed by atoms with E-state index in [0.717, 1.165) is 12.8 Å². The number of hydrogen-bond donors (Lipinski definition) is 1. The largest absolute Gasteiger partial charge is 0.396 e. The molecule has 3 nitrogen and oxygen atoms in total. The van der Waals surface area contributed by atoms with Crippen molar-refractivity contribution in [2.45, 2.75) is 77.9 Å². The third-order valence-corrected chi connectivity index (χ3v) is 2.26. The molecule has 0 heterocycles. The Balaban J connectivity index is 3.70. The summed E-state index contributed by atoms with van der Waals surface area (Å²) in [6.07, 6.45) is 6.54. The van der Waals surface area contributed by atoms with Gasteiger partial charge in [0.15, 0.2) is 0 Å². The molecule has 0 aliphatic heterocycles. The van der Waals surface area contributed by atoms with Crippen molar-refractivity contribution in [3.8, 4) is 0 Å². The molecule has 16 heavy (non-hydrogen) atoms. The maximum atomic E-state index is 8.93. The maximum absolute atomic E-state index is 8.93. The van der Waals surface area contributed by atoms with Crippen LogP contribution >= 0.6 is 0 Å². The van der Waals surface area contributed by atoms with Gasteiger partial charge in [-0.3, -0.25) is 0 Å². The fourth-order valence-electron chi connectivity index (χ4n) is 1.40. The van der Waals surface area contributed by atoms with Crippen LogP contribution in [-0.2, 0) is 9.78 Å². The quantitative estimate of drug-likeness (QED) is 0.376. The van der Waals surface area contributed by atoms with E-state index in [-0.39, 0.29) is 18.3 Å². The second-order valence-electron chi connectivity index (χ2n) is 5.28. The van der Waals surface area contributed by atoms with Crippen molar-refractivity contribution < 1.29 is 14.9 Å². The summed E-state index contributed by atoms with van der Waals surface area (Å²) in [5, 5.41) is 8.93. The minimum absolute atomic E-state index is 0.0288. The van der Waals surface area contributed by atoms with Crippen molar-refractivity contribution in [2.24, 2.45) is 0 Å². The second-order valence-corrected chi connectivity index (χ2v) is 5.28. The molecule has 0 unspecified atom stereocenters. The van der Waals surface area contributed by atoms with Crippen molar-refractivity contribution in [3.05, 3.63) is 0 Å². The minimum atomic E-state index is -0.281. The van der Waals surface area contributed by atoms with Gasteiger partial charge >= 0.3 is 0 Å². The lowest BCUT2D eigenvalue weighted by molar-refractivity contribution is -0.375. The summed E-state index contributed by atoms with van der Waals surface area (Å²) < 4.78 is 0. The Kier molecular flexibility index (Phi) is 8.90. The van der Waals surface area contributed by atoms with Gasteiger partial charge in [-0.15, -0.1) is 0 Å². The molecule has 0 amide bonds. The summed E-state index contributed by atoms with van der Waals surface area (Å²) in [4.78, 5) is 10.7. The molecule has 0 bridgehead atoms. The second kappa shape index (κ2) is 8.97. The van der Waals surface area contributed by atoms with Gasteiger partial charge in [0, 0.05) is 6.61 Å². The summed E-state index contributed by atoms with van der Waals surface area (Å²) in [5.41, 5.74) is -0.281. The Labute approximate surface area is 100 Å². The van der Waals surface area contributed by atoms with Gasteiger partial charge < -0.3 is 5.11 Å². The standard InChI is InChI=1S/C13H28O3/c1-5-6-7-8-9-12(10-11-14)15-16-13(2,3)4/h12,14H,5-11H2,1-4H3/t12-/m1/s1. The van der Waals surface area contributed by atoms with E-state index >= 15 is 0 Å². The Morgan fingerprint density at radius 1 is 1.06 bits per heavy atom. The maximum Gasteiger partial charge on any atom is 0.0952 e. The number of aliphatic hydroxyl groups excluding tert-OH is 1. The first-order valence-electron chi connectivity index (χ1n) is 6.45. The highest BCUT2D eigenvalue weighted by atomic mass is 17.2. The van der Waals surface area contributed by atoms with Gasteiger partial charge in [0.25, 0.3) is 0 Å². The SMILES string of the molecule is CCCCCC[C@H](CCO)OOC(C)(C)C. The molecule has 0 aromatic carbocycles. The highest BCUT2D eigenvalue weighted by Crippen LogP contribution is 2.15. The highest BCUT2D eigenvalue weighted by molar-refractivity contribution is 4.59. The van der Waals surface area contributed by atoms with E-state index in [1.54, 1.807) is 0 Å². The van der Waals surface area contributed by atoms with E-state index in [0.29, 0.717) is 6.42 Å². The average molecular weight is 232 g/mol. The van der Waals surface area contributed by atoms with E-state index in [4.69, 9.17) is 14.9 Å². The molecule has 0 aromatic rings. The van der Waals surface area contributed by atoms with Crippen LogP contribution in [0.25, 0.3) is 0 Å². The van der Waals surface area contributed by atoms with Gasteiger partial charge in [-0.2, -0.15) is 0 Å². The summed E-state index contributed by atoms with van der Waals surface area (Å²) in [6.45, 7) is 8.23. The number of rotatable bonds is 9. The third kappa shape index (κ3) is 10.4. The van der Waals surface area contributed by atoms with Crippen LogP contribution in [0.5, 0.6) is 0 Å². The zero-order chi connectivity index (χ0) is 12.4. The fraction of sp³-hybridized carbons (Fsp3) is 1.00. The zero-order valence-corrected chi connectivity index (χ0v) is 11.3. The normalized spacial score (nSPS) is 14.1. The third-order valence-electron chi connectivity index (χ3n) is 2.26. The predicted octanol–water partition coefficient (Wildman–Crippen LogP) is 3.45. The number of hydrogen-bond acceptors (Lipinski definition) is 3. The van der Waals surface area contributed by atoms with Crippen LogP contribution in [0.15, 0.2) is 0 Å². The summed E-state index contributed by atoms with van der Waals surface area (Å²) in [6, 6.07) is 0. The van der Waals surface area contributed by atoms with Gasteiger partial charge in [0.1, 0.15) is 0 Å². The monoisotopic (exact) mass is 232 g/mol. The topological polar surface area (TPSA) is 38.7 Å². The molecule has 3 heteroatoms. The van der Waals surface area contributed by atoms with Crippen molar-refractivity contribution in [3.63, 3.8) is 0 Å². The van der Waals surface area contributed by atoms with Gasteiger partial charge in [-0.1, -0.05) is 32.6 Å². The van der Waals surface area contributed by atoms with Crippen molar-refractivity contribution in [2.75, 3.05) is 6.61 Å². The summed E-state index contributed by atoms with van der Waals surface area (Å²) in [5.74, 6) is 0. The molecule has 0 aliphatic carbocycles. The Hall–Kier alpha value is -0.120. The van der Waals surface area contributed by atoms with Crippen LogP contribution < -0.4 is 0 Å². The first kappa shape index (κ1) is 15.9. The molecule has 0 aromatic heterocycles. The molecule has 0 radical (unpaired) electrons. The molecule has 0 rings (SSSR count). The molecule has 0 aliphatic rings. The van der Waals surface area contributed by atoms with E-state index < -0.39 is 0 Å². The Morgan fingerprint density at radius 3 is 2.25 bits per heavy atom. The van der Waals surface area contributed by atoms with Crippen molar-refractivity contribution in [1.82, 2.24) is 0 Å². The van der Waals surface area contributed by atoms with Crippen LogP contribution in [0.3, 0.4) is 0 Å². The Morgan fingerprint density at radius 2 is 1.75 bits per heavy atom. The number of aliphatic hydroxyl groups is 1. The van der Waals surface area contributed by atoms with Gasteiger partial charge in [-0.25, -0.2) is 9.78 Å². The molecule has 98 valence electrons. The summed E-state index contributed by atoms with van der Waals surface area (Å²) >= 11 is 0. The van der Waals surface area contributed by atoms with Gasteiger partial charge in [0.05, 0.1) is 11.7 Å². The van der Waals surface area contributed by atoms with E-state index in [1.165, 1.54) is 19.3 Å². The molecule has 0 spiro atoms. The van der Waals surface area contributed by atoms with E-state index in [9.17, 15) is 0 Å². The Bertz CT molecular complexity index is 152. The fourth-order valence-corrected chi connectivity index (χ4v) is 1.40. The lowest BCUT2D eigenvalue weighted by atomic mass is 10.1. The summed E-state index contributed by atoms with van der Waals surface area (Å²) in [7, 11) is 0. The first-order valence-corrected chi connectivity index (χ1v) is 6.45. The van der Waals surface area contributed by atoms with Crippen LogP contribution in [0.1, 0.15) is 66.2 Å². The van der Waals surface area contributed by atoms with Crippen LogP contribution in [-0.4, -0.2) is 23.4 Å². The lowest BCUT2D eigenvalue weighted by Crippen LogP contribution is -2.25. The van der Waals surface area contributed by atoms with Crippen molar-refractivity contribution >= 4 is 0 Å². The van der Waals surface area contributed by atoms with Gasteiger partial charge in [0.2, 0.25) is 0 Å². The van der Waals surface area contributed by atoms with E-state index in [2.05, 4.69) is 6.92 Å². The molecule has 1 N–H and O–H groups in total. The van der Waals surface area contributed by atoms with Crippen LogP contribution in [0.2, 0.25) is 0 Å². The molecule has 0 fully saturated rings. The zero-order valence-electron chi connectivity index (χ0n) is 11.3. The average Bonchev–Trinajstić information content (AvgIpc) is 2.19. The molecular weight excluding hydrogens is 204 g/mol. The van der Waals surface area contributed by atoms with E-state index in [1.807, 2.05) is 20.8 Å².